The van der Waals surface area contributed by atoms with E-state index < -0.39 is 22.0 Å². The molecule has 2 heterocycles. The van der Waals surface area contributed by atoms with Gasteiger partial charge in [0.25, 0.3) is 15.9 Å². The van der Waals surface area contributed by atoms with Gasteiger partial charge in [-0.1, -0.05) is 25.9 Å². The number of hydrogen-bond donors (Lipinski definition) is 2. The zero-order valence-corrected chi connectivity index (χ0v) is 15.8. The average molecular weight is 393 g/mol. The van der Waals surface area contributed by atoms with Crippen LogP contribution in [-0.4, -0.2) is 31.5 Å². The van der Waals surface area contributed by atoms with Gasteiger partial charge in [-0.3, -0.25) is 9.59 Å². The number of ether oxygens (including phenoxy) is 1. The lowest BCUT2D eigenvalue weighted by molar-refractivity contribution is -0.123. The van der Waals surface area contributed by atoms with Crippen LogP contribution < -0.4 is 14.8 Å². The van der Waals surface area contributed by atoms with Crippen molar-refractivity contribution in [3.63, 3.8) is 0 Å². The Morgan fingerprint density at radius 3 is 2.70 bits per heavy atom. The second-order valence-electron chi connectivity index (χ2n) is 6.37. The van der Waals surface area contributed by atoms with Gasteiger partial charge >= 0.3 is 5.91 Å². The quantitative estimate of drug-likeness (QED) is 0.795. The topological polar surface area (TPSA) is 128 Å². The standard InChI is InChI=1S/C17H19N3O6S/c1-4-13-16(21)18-12-7-10(5-6-14(12)25-13)27(23,24)20-17(22)15-8-11(9(2)3)19-26-15/h5-9,13H,4H2,1-3H3,(H,18,21)(H,20,22)/t13-/m0/s1. The van der Waals surface area contributed by atoms with Gasteiger partial charge in [0.05, 0.1) is 16.3 Å². The van der Waals surface area contributed by atoms with Crippen molar-refractivity contribution in [2.24, 2.45) is 0 Å². The molecule has 144 valence electrons. The third-order valence-corrected chi connectivity index (χ3v) is 5.35. The highest BCUT2D eigenvalue weighted by atomic mass is 32.2. The van der Waals surface area contributed by atoms with Crippen LogP contribution in [0.1, 0.15) is 49.4 Å². The van der Waals surface area contributed by atoms with Crippen LogP contribution in [0.4, 0.5) is 5.69 Å². The number of carbonyl (C=O) groups excluding carboxylic acids is 2. The number of nitrogens with one attached hydrogen (secondary N) is 2. The molecule has 0 saturated carbocycles. The van der Waals surface area contributed by atoms with E-state index >= 15 is 0 Å². The van der Waals surface area contributed by atoms with E-state index in [1.54, 1.807) is 6.92 Å². The maximum Gasteiger partial charge on any atom is 0.303 e. The lowest BCUT2D eigenvalue weighted by Crippen LogP contribution is -2.36. The van der Waals surface area contributed by atoms with E-state index in [4.69, 9.17) is 9.26 Å². The summed E-state index contributed by atoms with van der Waals surface area (Å²) in [6.45, 7) is 5.53. The van der Waals surface area contributed by atoms with Crippen LogP contribution >= 0.6 is 0 Å². The maximum absolute atomic E-state index is 12.5. The minimum atomic E-state index is -4.18. The van der Waals surface area contributed by atoms with Crippen molar-refractivity contribution < 1.29 is 27.3 Å². The molecule has 10 heteroatoms. The van der Waals surface area contributed by atoms with Gasteiger partial charge in [0, 0.05) is 6.07 Å². The average Bonchev–Trinajstić information content (AvgIpc) is 3.11. The van der Waals surface area contributed by atoms with Crippen LogP contribution in [0, 0.1) is 0 Å². The SMILES string of the molecule is CC[C@@H]1Oc2ccc(S(=O)(=O)NC(=O)c3cc(C(C)C)no3)cc2NC1=O. The normalized spacial score (nSPS) is 16.4. The summed E-state index contributed by atoms with van der Waals surface area (Å²) in [5.74, 6) is -1.10. The van der Waals surface area contributed by atoms with Crippen molar-refractivity contribution in [2.45, 2.75) is 44.1 Å². The fraction of sp³-hybridized carbons (Fsp3) is 0.353. The molecular weight excluding hydrogens is 374 g/mol. The first-order valence-corrected chi connectivity index (χ1v) is 9.85. The summed E-state index contributed by atoms with van der Waals surface area (Å²) in [6.07, 6.45) is -0.141. The minimum absolute atomic E-state index is 0.0307. The van der Waals surface area contributed by atoms with Crippen LogP contribution in [0.25, 0.3) is 0 Å². The molecule has 27 heavy (non-hydrogen) atoms. The van der Waals surface area contributed by atoms with Gasteiger partial charge in [0.2, 0.25) is 5.76 Å². The molecule has 1 atom stereocenters. The van der Waals surface area contributed by atoms with E-state index in [2.05, 4.69) is 10.5 Å². The molecule has 2 amide bonds. The Balaban J connectivity index is 1.82. The molecule has 0 aliphatic carbocycles. The molecule has 0 radical (unpaired) electrons. The number of hydrogen-bond acceptors (Lipinski definition) is 7. The summed E-state index contributed by atoms with van der Waals surface area (Å²) in [5.41, 5.74) is 0.762. The molecule has 0 fully saturated rings. The molecule has 0 unspecified atom stereocenters. The highest BCUT2D eigenvalue weighted by molar-refractivity contribution is 7.90. The van der Waals surface area contributed by atoms with E-state index in [1.165, 1.54) is 24.3 Å². The second kappa shape index (κ2) is 7.03. The number of nitrogens with zero attached hydrogens (tertiary/aromatic N) is 1. The first kappa shape index (κ1) is 18.9. The van der Waals surface area contributed by atoms with E-state index in [0.29, 0.717) is 17.9 Å². The molecule has 1 aromatic carbocycles. The van der Waals surface area contributed by atoms with Gasteiger partial charge in [-0.15, -0.1) is 0 Å². The third kappa shape index (κ3) is 3.80. The van der Waals surface area contributed by atoms with Crippen molar-refractivity contribution in [2.75, 3.05) is 5.32 Å². The summed E-state index contributed by atoms with van der Waals surface area (Å²) in [5, 5.41) is 6.33. The molecule has 3 rings (SSSR count). The third-order valence-electron chi connectivity index (χ3n) is 4.02. The van der Waals surface area contributed by atoms with Crippen LogP contribution in [0.5, 0.6) is 5.75 Å². The zero-order chi connectivity index (χ0) is 19.8. The Kier molecular flexibility index (Phi) is 4.92. The number of anilines is 1. The lowest BCUT2D eigenvalue weighted by atomic mass is 10.1. The number of benzene rings is 1. The highest BCUT2D eigenvalue weighted by Gasteiger charge is 2.28. The monoisotopic (exact) mass is 393 g/mol. The number of carbonyl (C=O) groups is 2. The van der Waals surface area contributed by atoms with Crippen molar-refractivity contribution in [3.05, 3.63) is 35.7 Å². The summed E-state index contributed by atoms with van der Waals surface area (Å²) < 4.78 is 37.3. The van der Waals surface area contributed by atoms with Gasteiger partial charge in [-0.05, 0) is 30.5 Å². The zero-order valence-electron chi connectivity index (χ0n) is 15.0. The summed E-state index contributed by atoms with van der Waals surface area (Å²) in [4.78, 5) is 23.9. The molecule has 2 aromatic rings. The molecule has 0 saturated heterocycles. The molecule has 2 N–H and O–H groups in total. The number of sulfonamides is 1. The van der Waals surface area contributed by atoms with Crippen molar-refractivity contribution in [3.8, 4) is 5.75 Å². The lowest BCUT2D eigenvalue weighted by Gasteiger charge is -2.25. The molecule has 1 aliphatic heterocycles. The Bertz CT molecular complexity index is 996. The van der Waals surface area contributed by atoms with Gasteiger partial charge in [0.1, 0.15) is 5.75 Å². The van der Waals surface area contributed by atoms with Crippen LogP contribution in [0.15, 0.2) is 33.7 Å². The molecule has 1 aromatic heterocycles. The predicted octanol–water partition coefficient (Wildman–Crippen LogP) is 2.03. The molecular formula is C17H19N3O6S. The Labute approximate surface area is 156 Å². The maximum atomic E-state index is 12.5. The largest absolute Gasteiger partial charge is 0.478 e. The fourth-order valence-corrected chi connectivity index (χ4v) is 3.45. The van der Waals surface area contributed by atoms with Gasteiger partial charge in [-0.25, -0.2) is 13.1 Å². The number of aromatic nitrogens is 1. The van der Waals surface area contributed by atoms with Gasteiger partial charge in [0.15, 0.2) is 6.10 Å². The van der Waals surface area contributed by atoms with Crippen LogP contribution in [0.2, 0.25) is 0 Å². The minimum Gasteiger partial charge on any atom is -0.478 e. The van der Waals surface area contributed by atoms with Gasteiger partial charge in [-0.2, -0.15) is 0 Å². The van der Waals surface area contributed by atoms with E-state index in [-0.39, 0.29) is 28.2 Å². The van der Waals surface area contributed by atoms with Crippen LogP contribution in [-0.2, 0) is 14.8 Å². The predicted molar refractivity (Wildman–Crippen MR) is 95.0 cm³/mol. The Morgan fingerprint density at radius 1 is 1.33 bits per heavy atom. The van der Waals surface area contributed by atoms with Crippen LogP contribution in [0.3, 0.4) is 0 Å². The number of amides is 2. The Morgan fingerprint density at radius 2 is 2.07 bits per heavy atom. The fourth-order valence-electron chi connectivity index (χ4n) is 2.46. The first-order chi connectivity index (χ1) is 12.7. The first-order valence-electron chi connectivity index (χ1n) is 8.36. The van der Waals surface area contributed by atoms with Crippen molar-refractivity contribution in [1.29, 1.82) is 0 Å². The second-order valence-corrected chi connectivity index (χ2v) is 8.05. The van der Waals surface area contributed by atoms with Crippen molar-refractivity contribution >= 4 is 27.5 Å². The van der Waals surface area contributed by atoms with Crippen molar-refractivity contribution in [1.82, 2.24) is 9.88 Å². The summed E-state index contributed by atoms with van der Waals surface area (Å²) >= 11 is 0. The number of rotatable bonds is 5. The summed E-state index contributed by atoms with van der Waals surface area (Å²) in [7, 11) is -4.18. The summed E-state index contributed by atoms with van der Waals surface area (Å²) in [6, 6.07) is 5.34. The Hall–Kier alpha value is -2.88. The van der Waals surface area contributed by atoms with E-state index in [1.807, 2.05) is 18.6 Å². The molecule has 0 spiro atoms. The highest BCUT2D eigenvalue weighted by Crippen LogP contribution is 2.32. The van der Waals surface area contributed by atoms with E-state index in [0.717, 1.165) is 0 Å². The number of fused-ring (bicyclic) bond motifs is 1. The smallest absolute Gasteiger partial charge is 0.303 e. The molecule has 0 bridgehead atoms. The molecule has 1 aliphatic rings. The van der Waals surface area contributed by atoms with Gasteiger partial charge < -0.3 is 14.6 Å². The molecule has 9 nitrogen and oxygen atoms in total. The van der Waals surface area contributed by atoms with E-state index in [9.17, 15) is 18.0 Å².